The summed E-state index contributed by atoms with van der Waals surface area (Å²) in [6, 6.07) is 12.1. The van der Waals surface area contributed by atoms with E-state index in [1.807, 2.05) is 31.2 Å². The quantitative estimate of drug-likeness (QED) is 0.747. The SMILES string of the molecule is CCC(O)(Cc1cc(F)ccc1Br)c1cccc(Br)c1. The second-order valence-corrected chi connectivity index (χ2v) is 6.58. The summed E-state index contributed by atoms with van der Waals surface area (Å²) in [6.07, 6.45) is 0.907. The van der Waals surface area contributed by atoms with Gasteiger partial charge in [-0.05, 0) is 47.9 Å². The van der Waals surface area contributed by atoms with Crippen molar-refractivity contribution in [3.63, 3.8) is 0 Å². The lowest BCUT2D eigenvalue weighted by Gasteiger charge is -2.28. The fourth-order valence-electron chi connectivity index (χ4n) is 2.20. The molecule has 1 N–H and O–H groups in total. The van der Waals surface area contributed by atoms with Crippen LogP contribution in [-0.2, 0) is 12.0 Å². The van der Waals surface area contributed by atoms with Gasteiger partial charge in [-0.2, -0.15) is 0 Å². The molecule has 1 atom stereocenters. The third-order valence-electron chi connectivity index (χ3n) is 3.44. The van der Waals surface area contributed by atoms with Gasteiger partial charge in [0.2, 0.25) is 0 Å². The maximum atomic E-state index is 13.4. The molecular formula is C16H15Br2FO. The number of halogens is 3. The molecule has 0 bridgehead atoms. The highest BCUT2D eigenvalue weighted by Gasteiger charge is 2.28. The van der Waals surface area contributed by atoms with Gasteiger partial charge in [0, 0.05) is 15.4 Å². The Kier molecular flexibility index (Phi) is 4.99. The minimum atomic E-state index is -1.01. The predicted octanol–water partition coefficient (Wildman–Crippen LogP) is 5.19. The number of aliphatic hydroxyl groups is 1. The number of hydrogen-bond acceptors (Lipinski definition) is 1. The fourth-order valence-corrected chi connectivity index (χ4v) is 2.99. The van der Waals surface area contributed by atoms with E-state index in [2.05, 4.69) is 31.9 Å². The van der Waals surface area contributed by atoms with Gasteiger partial charge < -0.3 is 5.11 Å². The lowest BCUT2D eigenvalue weighted by atomic mass is 9.85. The van der Waals surface area contributed by atoms with E-state index in [1.54, 1.807) is 6.07 Å². The number of hydrogen-bond donors (Lipinski definition) is 1. The van der Waals surface area contributed by atoms with Gasteiger partial charge in [-0.3, -0.25) is 0 Å². The van der Waals surface area contributed by atoms with E-state index in [0.29, 0.717) is 12.8 Å². The zero-order valence-electron chi connectivity index (χ0n) is 11.0. The lowest BCUT2D eigenvalue weighted by molar-refractivity contribution is 0.0324. The molecule has 2 rings (SSSR count). The molecule has 0 heterocycles. The van der Waals surface area contributed by atoms with Crippen LogP contribution in [0.25, 0.3) is 0 Å². The monoisotopic (exact) mass is 400 g/mol. The van der Waals surface area contributed by atoms with Gasteiger partial charge in [0.1, 0.15) is 5.82 Å². The summed E-state index contributed by atoms with van der Waals surface area (Å²) in [6.45, 7) is 1.92. The van der Waals surface area contributed by atoms with Crippen LogP contribution in [0, 0.1) is 5.82 Å². The topological polar surface area (TPSA) is 20.2 Å². The highest BCUT2D eigenvalue weighted by Crippen LogP contribution is 2.33. The molecule has 0 aliphatic heterocycles. The van der Waals surface area contributed by atoms with Gasteiger partial charge in [0.15, 0.2) is 0 Å². The average molecular weight is 402 g/mol. The van der Waals surface area contributed by atoms with E-state index in [0.717, 1.165) is 20.1 Å². The van der Waals surface area contributed by atoms with E-state index in [1.165, 1.54) is 12.1 Å². The van der Waals surface area contributed by atoms with Crippen LogP contribution in [0.4, 0.5) is 4.39 Å². The summed E-state index contributed by atoms with van der Waals surface area (Å²) < 4.78 is 15.1. The van der Waals surface area contributed by atoms with Gasteiger partial charge in [0.25, 0.3) is 0 Å². The average Bonchev–Trinajstić information content (AvgIpc) is 2.43. The van der Waals surface area contributed by atoms with Crippen LogP contribution in [0.1, 0.15) is 24.5 Å². The molecule has 0 amide bonds. The van der Waals surface area contributed by atoms with Crippen molar-refractivity contribution < 1.29 is 9.50 Å². The standard InChI is InChI=1S/C16H15Br2FO/c1-2-16(20,12-4-3-5-13(17)9-12)10-11-8-14(19)6-7-15(11)18/h3-9,20H,2,10H2,1H3. The molecule has 2 aromatic carbocycles. The molecule has 2 aromatic rings. The van der Waals surface area contributed by atoms with E-state index >= 15 is 0 Å². The van der Waals surface area contributed by atoms with Crippen molar-refractivity contribution in [2.75, 3.05) is 0 Å². The lowest BCUT2D eigenvalue weighted by Crippen LogP contribution is -2.28. The Morgan fingerprint density at radius 1 is 1.15 bits per heavy atom. The van der Waals surface area contributed by atoms with Gasteiger partial charge in [-0.1, -0.05) is 50.9 Å². The normalized spacial score (nSPS) is 14.1. The highest BCUT2D eigenvalue weighted by molar-refractivity contribution is 9.10. The summed E-state index contributed by atoms with van der Waals surface area (Å²) >= 11 is 6.83. The van der Waals surface area contributed by atoms with Crippen molar-refractivity contribution in [2.24, 2.45) is 0 Å². The molecule has 20 heavy (non-hydrogen) atoms. The van der Waals surface area contributed by atoms with Crippen LogP contribution in [0.15, 0.2) is 51.4 Å². The Morgan fingerprint density at radius 3 is 2.55 bits per heavy atom. The first-order valence-corrected chi connectivity index (χ1v) is 7.95. The van der Waals surface area contributed by atoms with Crippen molar-refractivity contribution in [3.05, 3.63) is 68.4 Å². The number of rotatable bonds is 4. The third kappa shape index (κ3) is 3.48. The van der Waals surface area contributed by atoms with E-state index < -0.39 is 5.60 Å². The van der Waals surface area contributed by atoms with Crippen LogP contribution in [0.2, 0.25) is 0 Å². The summed E-state index contributed by atoms with van der Waals surface area (Å²) in [4.78, 5) is 0. The molecule has 1 nitrogen and oxygen atoms in total. The Bertz CT molecular complexity index is 615. The smallest absolute Gasteiger partial charge is 0.123 e. The highest BCUT2D eigenvalue weighted by atomic mass is 79.9. The Balaban J connectivity index is 2.39. The largest absolute Gasteiger partial charge is 0.385 e. The molecule has 0 aromatic heterocycles. The molecule has 0 aliphatic carbocycles. The maximum absolute atomic E-state index is 13.4. The predicted molar refractivity (Wildman–Crippen MR) is 86.1 cm³/mol. The van der Waals surface area contributed by atoms with Crippen molar-refractivity contribution >= 4 is 31.9 Å². The molecule has 0 saturated carbocycles. The zero-order chi connectivity index (χ0) is 14.8. The summed E-state index contributed by atoms with van der Waals surface area (Å²) in [7, 11) is 0. The third-order valence-corrected chi connectivity index (χ3v) is 4.70. The summed E-state index contributed by atoms with van der Waals surface area (Å²) in [5.41, 5.74) is 0.569. The van der Waals surface area contributed by atoms with Crippen LogP contribution >= 0.6 is 31.9 Å². The first-order chi connectivity index (χ1) is 9.44. The van der Waals surface area contributed by atoms with Crippen LogP contribution < -0.4 is 0 Å². The van der Waals surface area contributed by atoms with Crippen molar-refractivity contribution in [3.8, 4) is 0 Å². The molecule has 106 valence electrons. The Morgan fingerprint density at radius 2 is 1.90 bits per heavy atom. The number of benzene rings is 2. The van der Waals surface area contributed by atoms with Crippen LogP contribution in [-0.4, -0.2) is 5.11 Å². The Hall–Kier alpha value is -0.710. The summed E-state index contributed by atoms with van der Waals surface area (Å²) in [5, 5.41) is 10.9. The molecule has 0 fully saturated rings. The van der Waals surface area contributed by atoms with Gasteiger partial charge in [0.05, 0.1) is 5.60 Å². The van der Waals surface area contributed by atoms with Crippen molar-refractivity contribution in [1.29, 1.82) is 0 Å². The van der Waals surface area contributed by atoms with Gasteiger partial charge in [-0.25, -0.2) is 4.39 Å². The van der Waals surface area contributed by atoms with E-state index in [4.69, 9.17) is 0 Å². The molecular weight excluding hydrogens is 387 g/mol. The zero-order valence-corrected chi connectivity index (χ0v) is 14.2. The second kappa shape index (κ2) is 6.37. The van der Waals surface area contributed by atoms with E-state index in [-0.39, 0.29) is 5.82 Å². The molecule has 4 heteroatoms. The fraction of sp³-hybridized carbons (Fsp3) is 0.250. The molecule has 0 radical (unpaired) electrons. The van der Waals surface area contributed by atoms with Crippen LogP contribution in [0.3, 0.4) is 0 Å². The van der Waals surface area contributed by atoms with Crippen molar-refractivity contribution in [1.82, 2.24) is 0 Å². The summed E-state index contributed by atoms with van der Waals surface area (Å²) in [5.74, 6) is -0.295. The molecule has 0 aliphatic rings. The maximum Gasteiger partial charge on any atom is 0.123 e. The van der Waals surface area contributed by atoms with E-state index in [9.17, 15) is 9.50 Å². The molecule has 1 unspecified atom stereocenters. The first kappa shape index (κ1) is 15.7. The molecule has 0 spiro atoms. The second-order valence-electron chi connectivity index (χ2n) is 4.81. The van der Waals surface area contributed by atoms with Gasteiger partial charge in [-0.15, -0.1) is 0 Å². The van der Waals surface area contributed by atoms with Crippen LogP contribution in [0.5, 0.6) is 0 Å². The minimum Gasteiger partial charge on any atom is -0.385 e. The van der Waals surface area contributed by atoms with Crippen molar-refractivity contribution in [2.45, 2.75) is 25.4 Å². The molecule has 0 saturated heterocycles. The Labute approximate surface area is 135 Å². The minimum absolute atomic E-state index is 0.295. The first-order valence-electron chi connectivity index (χ1n) is 6.37. The van der Waals surface area contributed by atoms with Gasteiger partial charge >= 0.3 is 0 Å².